The van der Waals surface area contributed by atoms with Gasteiger partial charge in [-0.05, 0) is 55.2 Å². The number of aliphatic hydroxyl groups excluding tert-OH is 1. The van der Waals surface area contributed by atoms with Gasteiger partial charge in [0.1, 0.15) is 11.5 Å². The second-order valence-corrected chi connectivity index (χ2v) is 11.3. The molecule has 1 spiro atoms. The van der Waals surface area contributed by atoms with Gasteiger partial charge in [-0.2, -0.15) is 0 Å². The first kappa shape index (κ1) is 26.4. The molecule has 9 atom stereocenters. The second-order valence-electron chi connectivity index (χ2n) is 11.3. The quantitative estimate of drug-likeness (QED) is 0.440. The van der Waals surface area contributed by atoms with Crippen LogP contribution in [0.5, 0.6) is 0 Å². The van der Waals surface area contributed by atoms with Crippen LogP contribution in [0.15, 0.2) is 66.8 Å². The number of nitrogens with one attached hydrogen (secondary N) is 1. The summed E-state index contributed by atoms with van der Waals surface area (Å²) < 4.78 is 5.89. The van der Waals surface area contributed by atoms with E-state index in [1.54, 1.807) is 19.1 Å². The summed E-state index contributed by atoms with van der Waals surface area (Å²) in [6.07, 6.45) is 7.09. The van der Waals surface area contributed by atoms with Crippen molar-refractivity contribution in [2.45, 2.75) is 70.8 Å². The van der Waals surface area contributed by atoms with Gasteiger partial charge in [0.05, 0.1) is 11.7 Å². The van der Waals surface area contributed by atoms with E-state index in [-0.39, 0.29) is 29.7 Å². The summed E-state index contributed by atoms with van der Waals surface area (Å²) in [4.78, 5) is 26.5. The fraction of sp³-hybridized carbons (Fsp3) is 0.533. The Labute approximate surface area is 214 Å². The van der Waals surface area contributed by atoms with Crippen molar-refractivity contribution in [3.05, 3.63) is 72.4 Å². The van der Waals surface area contributed by atoms with E-state index in [4.69, 9.17) is 4.74 Å². The molecule has 1 aliphatic heterocycles. The Kier molecular flexibility index (Phi) is 7.31. The molecule has 6 nitrogen and oxygen atoms in total. The molecule has 1 aromatic carbocycles. The van der Waals surface area contributed by atoms with Gasteiger partial charge in [-0.25, -0.2) is 0 Å². The van der Waals surface area contributed by atoms with E-state index in [1.807, 2.05) is 49.4 Å². The Morgan fingerprint density at radius 2 is 1.92 bits per heavy atom. The fourth-order valence-corrected chi connectivity index (χ4v) is 6.90. The number of hydrogen-bond donors (Lipinski definition) is 3. The van der Waals surface area contributed by atoms with Crippen LogP contribution in [0, 0.1) is 29.1 Å². The third-order valence-corrected chi connectivity index (χ3v) is 8.43. The Bertz CT molecular complexity index is 1060. The van der Waals surface area contributed by atoms with E-state index in [9.17, 15) is 19.8 Å². The fourth-order valence-electron chi connectivity index (χ4n) is 6.90. The molecule has 0 unspecified atom stereocenters. The van der Waals surface area contributed by atoms with Crippen molar-refractivity contribution >= 4 is 11.9 Å². The van der Waals surface area contributed by atoms with Gasteiger partial charge in [-0.3, -0.25) is 9.59 Å². The molecular formula is C30H39NO5. The molecule has 6 heteroatoms. The number of benzene rings is 1. The Morgan fingerprint density at radius 3 is 2.58 bits per heavy atom. The number of carbonyl (C=O) groups excluding carboxylic acids is 2. The normalized spacial score (nSPS) is 42.3. The van der Waals surface area contributed by atoms with Crippen molar-refractivity contribution in [3.8, 4) is 0 Å². The number of allylic oxidation sites excluding steroid dienone is 1. The van der Waals surface area contributed by atoms with Crippen molar-refractivity contribution < 1.29 is 24.5 Å². The lowest BCUT2D eigenvalue weighted by Gasteiger charge is -2.52. The molecule has 1 heterocycles. The smallest absolute Gasteiger partial charge is 0.303 e. The van der Waals surface area contributed by atoms with Gasteiger partial charge in [-0.15, -0.1) is 0 Å². The van der Waals surface area contributed by atoms with Gasteiger partial charge >= 0.3 is 5.97 Å². The minimum absolute atomic E-state index is 0.170. The Balaban J connectivity index is 1.92. The van der Waals surface area contributed by atoms with Crippen LogP contribution in [0.4, 0.5) is 0 Å². The SMILES string of the molecule is C=C1[C@@H](O)[C@H]2/C=C/C[C@@H](C)C[C@](C)(O)/C=C/[C@@H](OC(C)=O)[C@]23C(=O)N[C@H](Cc2ccccc2)[C@@H]3[C@H]1C. The minimum atomic E-state index is -1.26. The number of hydrogen-bond acceptors (Lipinski definition) is 5. The number of carbonyl (C=O) groups is 2. The second kappa shape index (κ2) is 9.98. The average molecular weight is 494 g/mol. The van der Waals surface area contributed by atoms with E-state index in [0.717, 1.165) is 5.56 Å². The standard InChI is InChI=1S/C30H39NO5/c1-18-10-9-13-23-27(33)20(3)19(2)26-24(16-22-11-7-6-8-12-22)31-28(34)30(23,26)25(36-21(4)32)14-15-29(5,35)17-18/h6-9,11-15,18-19,23-27,33,35H,3,10,16-17H2,1-2,4-5H3,(H,31,34)/b13-9+,15-14+/t18-,19+,23-,24-,25-,26+,27-,29-,30-/m1/s1. The van der Waals surface area contributed by atoms with Gasteiger partial charge in [0.15, 0.2) is 0 Å². The lowest BCUT2D eigenvalue weighted by molar-refractivity contribution is -0.166. The zero-order chi connectivity index (χ0) is 26.3. The lowest BCUT2D eigenvalue weighted by Crippen LogP contribution is -2.60. The molecule has 36 heavy (non-hydrogen) atoms. The monoisotopic (exact) mass is 493 g/mol. The van der Waals surface area contributed by atoms with Crippen LogP contribution in [-0.4, -0.2) is 45.9 Å². The minimum Gasteiger partial charge on any atom is -0.457 e. The molecule has 1 saturated carbocycles. The van der Waals surface area contributed by atoms with Gasteiger partial charge in [0.25, 0.3) is 0 Å². The van der Waals surface area contributed by atoms with E-state index in [1.165, 1.54) is 6.92 Å². The van der Waals surface area contributed by atoms with E-state index >= 15 is 0 Å². The van der Waals surface area contributed by atoms with Gasteiger partial charge in [-0.1, -0.05) is 69.0 Å². The first-order chi connectivity index (χ1) is 17.0. The zero-order valence-corrected chi connectivity index (χ0v) is 21.7. The third kappa shape index (κ3) is 4.69. The highest BCUT2D eigenvalue weighted by Gasteiger charge is 2.68. The lowest BCUT2D eigenvalue weighted by atomic mass is 9.51. The van der Waals surface area contributed by atoms with Crippen LogP contribution in [0.1, 0.15) is 46.1 Å². The molecule has 3 aliphatic rings. The Morgan fingerprint density at radius 1 is 1.22 bits per heavy atom. The highest BCUT2D eigenvalue weighted by molar-refractivity contribution is 5.89. The van der Waals surface area contributed by atoms with Crippen molar-refractivity contribution in [1.82, 2.24) is 5.32 Å². The van der Waals surface area contributed by atoms with Crippen LogP contribution in [0.25, 0.3) is 0 Å². The van der Waals surface area contributed by atoms with Crippen molar-refractivity contribution in [2.75, 3.05) is 0 Å². The molecule has 4 rings (SSSR count). The number of ether oxygens (including phenoxy) is 1. The molecule has 0 aromatic heterocycles. The van der Waals surface area contributed by atoms with E-state index in [2.05, 4.69) is 18.8 Å². The summed E-state index contributed by atoms with van der Waals surface area (Å²) in [5.41, 5.74) is -0.635. The summed E-state index contributed by atoms with van der Waals surface area (Å²) in [5, 5.41) is 25.8. The third-order valence-electron chi connectivity index (χ3n) is 8.43. The van der Waals surface area contributed by atoms with Crippen molar-refractivity contribution in [3.63, 3.8) is 0 Å². The first-order valence-electron chi connectivity index (χ1n) is 12.9. The first-order valence-corrected chi connectivity index (χ1v) is 12.9. The molecule has 3 N–H and O–H groups in total. The van der Waals surface area contributed by atoms with Crippen LogP contribution in [0.2, 0.25) is 0 Å². The molecule has 194 valence electrons. The van der Waals surface area contributed by atoms with Gasteiger partial charge in [0.2, 0.25) is 5.91 Å². The molecule has 2 aliphatic carbocycles. The van der Waals surface area contributed by atoms with Crippen LogP contribution in [-0.2, 0) is 20.7 Å². The zero-order valence-electron chi connectivity index (χ0n) is 21.7. The topological polar surface area (TPSA) is 95.9 Å². The molecule has 1 aromatic rings. The summed E-state index contributed by atoms with van der Waals surface area (Å²) in [5.74, 6) is -1.75. The maximum Gasteiger partial charge on any atom is 0.303 e. The Hall–Kier alpha value is -2.70. The highest BCUT2D eigenvalue weighted by atomic mass is 16.5. The summed E-state index contributed by atoms with van der Waals surface area (Å²) in [6.45, 7) is 11.3. The predicted molar refractivity (Wildman–Crippen MR) is 139 cm³/mol. The summed E-state index contributed by atoms with van der Waals surface area (Å²) >= 11 is 0. The molecule has 1 amide bonds. The summed E-state index contributed by atoms with van der Waals surface area (Å²) in [7, 11) is 0. The maximum atomic E-state index is 14.2. The molecular weight excluding hydrogens is 454 g/mol. The van der Waals surface area contributed by atoms with Crippen LogP contribution in [0.3, 0.4) is 0 Å². The highest BCUT2D eigenvalue weighted by Crippen LogP contribution is 2.58. The van der Waals surface area contributed by atoms with Crippen molar-refractivity contribution in [2.24, 2.45) is 29.1 Å². The number of aliphatic hydroxyl groups is 2. The number of amides is 1. The molecule has 0 radical (unpaired) electrons. The van der Waals surface area contributed by atoms with Crippen molar-refractivity contribution in [1.29, 1.82) is 0 Å². The number of rotatable bonds is 3. The van der Waals surface area contributed by atoms with E-state index < -0.39 is 35.1 Å². The average Bonchev–Trinajstić information content (AvgIpc) is 3.08. The maximum absolute atomic E-state index is 14.2. The van der Waals surface area contributed by atoms with E-state index in [0.29, 0.717) is 24.8 Å². The largest absolute Gasteiger partial charge is 0.457 e. The summed E-state index contributed by atoms with van der Waals surface area (Å²) in [6, 6.07) is 9.73. The number of esters is 1. The van der Waals surface area contributed by atoms with Crippen LogP contribution >= 0.6 is 0 Å². The molecule has 1 saturated heterocycles. The van der Waals surface area contributed by atoms with Gasteiger partial charge < -0.3 is 20.3 Å². The van der Waals surface area contributed by atoms with Crippen LogP contribution < -0.4 is 5.32 Å². The van der Waals surface area contributed by atoms with Gasteiger partial charge in [0, 0.05) is 24.8 Å². The molecule has 2 fully saturated rings. The predicted octanol–water partition coefficient (Wildman–Crippen LogP) is 3.74. The molecule has 0 bridgehead atoms.